The molecule has 1 aromatic rings. The highest BCUT2D eigenvalue weighted by molar-refractivity contribution is 7.55. The topological polar surface area (TPSA) is 142 Å². The summed E-state index contributed by atoms with van der Waals surface area (Å²) in [5, 5.41) is 9.83. The summed E-state index contributed by atoms with van der Waals surface area (Å²) in [7, 11) is -4.30. The van der Waals surface area contributed by atoms with Crippen LogP contribution in [0.15, 0.2) is 33.7 Å². The van der Waals surface area contributed by atoms with Gasteiger partial charge in [0.15, 0.2) is 6.23 Å². The van der Waals surface area contributed by atoms with Gasteiger partial charge < -0.3 is 19.6 Å². The van der Waals surface area contributed by atoms with Gasteiger partial charge in [0.2, 0.25) is 0 Å². The minimum Gasteiger partial charge on any atom is -0.388 e. The van der Waals surface area contributed by atoms with E-state index in [9.17, 15) is 19.3 Å². The van der Waals surface area contributed by atoms with Gasteiger partial charge in [-0.3, -0.25) is 18.9 Å². The minimum atomic E-state index is -4.30. The lowest BCUT2D eigenvalue weighted by molar-refractivity contribution is -0.0280. The Labute approximate surface area is 112 Å². The van der Waals surface area contributed by atoms with Crippen LogP contribution in [0.3, 0.4) is 0 Å². The summed E-state index contributed by atoms with van der Waals surface area (Å²) in [4.78, 5) is 42.0. The summed E-state index contributed by atoms with van der Waals surface area (Å²) in [5.74, 6) is 0.683. The van der Waals surface area contributed by atoms with Crippen molar-refractivity contribution in [1.29, 1.82) is 0 Å². The molecule has 1 aliphatic heterocycles. The van der Waals surface area contributed by atoms with Crippen molar-refractivity contribution >= 4 is 7.60 Å². The second-order valence-corrected chi connectivity index (χ2v) is 5.79. The van der Waals surface area contributed by atoms with Crippen LogP contribution < -0.4 is 11.2 Å². The Kier molecular flexibility index (Phi) is 4.07. The zero-order chi connectivity index (χ0) is 14.9. The van der Waals surface area contributed by atoms with Gasteiger partial charge in [0.25, 0.3) is 5.56 Å². The Morgan fingerprint density at radius 3 is 2.75 bits per heavy atom. The zero-order valence-electron chi connectivity index (χ0n) is 10.1. The fourth-order valence-electron chi connectivity index (χ4n) is 1.89. The minimum absolute atomic E-state index is 0.0761. The third-order valence-electron chi connectivity index (χ3n) is 2.74. The molecule has 0 radical (unpaired) electrons. The maximum atomic E-state index is 11.6. The third-order valence-corrected chi connectivity index (χ3v) is 3.30. The molecule has 0 aliphatic carbocycles. The highest BCUT2D eigenvalue weighted by Crippen LogP contribution is 2.37. The van der Waals surface area contributed by atoms with E-state index in [0.717, 1.165) is 16.7 Å². The average molecular weight is 304 g/mol. The smallest absolute Gasteiger partial charge is 0.348 e. The Bertz CT molecular complexity index is 673. The van der Waals surface area contributed by atoms with Crippen molar-refractivity contribution < 1.29 is 24.2 Å². The Balaban J connectivity index is 2.19. The molecule has 9 nitrogen and oxygen atoms in total. The van der Waals surface area contributed by atoms with Gasteiger partial charge in [-0.25, -0.2) is 4.79 Å². The maximum absolute atomic E-state index is 11.6. The van der Waals surface area contributed by atoms with Crippen LogP contribution in [0.25, 0.3) is 0 Å². The quantitative estimate of drug-likeness (QED) is 0.518. The molecule has 0 spiro atoms. The predicted molar refractivity (Wildman–Crippen MR) is 67.0 cm³/mol. The summed E-state index contributed by atoms with van der Waals surface area (Å²) in [6.45, 7) is 0. The van der Waals surface area contributed by atoms with E-state index in [4.69, 9.17) is 14.5 Å². The van der Waals surface area contributed by atoms with Crippen LogP contribution in [0.2, 0.25) is 0 Å². The fraction of sp³-hybridized carbons (Fsp3) is 0.400. The molecule has 10 heteroatoms. The molecule has 110 valence electrons. The first-order valence-electron chi connectivity index (χ1n) is 5.66. The van der Waals surface area contributed by atoms with Gasteiger partial charge in [0, 0.05) is 24.5 Å². The second kappa shape index (κ2) is 5.47. The van der Waals surface area contributed by atoms with Gasteiger partial charge in [0.1, 0.15) is 6.10 Å². The number of nitrogens with zero attached hydrogens (tertiary/aromatic N) is 1. The van der Waals surface area contributed by atoms with Crippen LogP contribution in [0.5, 0.6) is 0 Å². The lowest BCUT2D eigenvalue weighted by Crippen LogP contribution is -2.34. The van der Waals surface area contributed by atoms with Gasteiger partial charge in [-0.05, 0) is 6.08 Å². The summed E-state index contributed by atoms with van der Waals surface area (Å²) < 4.78 is 17.1. The number of aliphatic hydroxyl groups is 1. The van der Waals surface area contributed by atoms with E-state index < -0.39 is 37.3 Å². The van der Waals surface area contributed by atoms with E-state index in [1.807, 2.05) is 4.98 Å². The molecule has 4 N–H and O–H groups in total. The molecule has 3 atom stereocenters. The van der Waals surface area contributed by atoms with E-state index in [-0.39, 0.29) is 6.42 Å². The van der Waals surface area contributed by atoms with Crippen molar-refractivity contribution in [2.45, 2.75) is 24.9 Å². The van der Waals surface area contributed by atoms with Crippen molar-refractivity contribution in [3.63, 3.8) is 0 Å². The Morgan fingerprint density at radius 2 is 2.15 bits per heavy atom. The molecule has 0 aromatic carbocycles. The lowest BCUT2D eigenvalue weighted by Gasteiger charge is -2.16. The molecule has 3 unspecified atom stereocenters. The molecular weight excluding hydrogens is 291 g/mol. The maximum Gasteiger partial charge on any atom is 0.348 e. The van der Waals surface area contributed by atoms with Crippen LogP contribution in [0.4, 0.5) is 0 Å². The first-order valence-corrected chi connectivity index (χ1v) is 7.34. The molecule has 1 aromatic heterocycles. The number of hydrogen-bond acceptors (Lipinski definition) is 5. The monoisotopic (exact) mass is 304 g/mol. The Hall–Kier alpha value is -1.51. The van der Waals surface area contributed by atoms with Crippen LogP contribution in [0.1, 0.15) is 12.6 Å². The highest BCUT2D eigenvalue weighted by atomic mass is 31.2. The predicted octanol–water partition coefficient (Wildman–Crippen LogP) is -1.12. The summed E-state index contributed by atoms with van der Waals surface area (Å²) in [6.07, 6.45) is -0.394. The number of hydrogen-bond donors (Lipinski definition) is 4. The number of aliphatic hydroxyl groups excluding tert-OH is 1. The van der Waals surface area contributed by atoms with Gasteiger partial charge in [-0.15, -0.1) is 0 Å². The van der Waals surface area contributed by atoms with Gasteiger partial charge in [0.05, 0.1) is 6.10 Å². The molecule has 1 aliphatic rings. The van der Waals surface area contributed by atoms with Crippen molar-refractivity contribution in [1.82, 2.24) is 9.55 Å². The summed E-state index contributed by atoms with van der Waals surface area (Å²) >= 11 is 0. The first-order chi connectivity index (χ1) is 9.26. The molecule has 2 rings (SSSR count). The molecule has 1 fully saturated rings. The van der Waals surface area contributed by atoms with Crippen molar-refractivity contribution in [2.75, 3.05) is 0 Å². The second-order valence-electron chi connectivity index (χ2n) is 4.32. The summed E-state index contributed by atoms with van der Waals surface area (Å²) in [5.41, 5.74) is -1.31. The summed E-state index contributed by atoms with van der Waals surface area (Å²) in [6, 6.07) is 1.11. The van der Waals surface area contributed by atoms with Crippen molar-refractivity contribution in [2.24, 2.45) is 0 Å². The van der Waals surface area contributed by atoms with Crippen molar-refractivity contribution in [3.8, 4) is 0 Å². The Morgan fingerprint density at radius 1 is 1.45 bits per heavy atom. The lowest BCUT2D eigenvalue weighted by atomic mass is 10.2. The number of rotatable bonds is 3. The normalized spacial score (nSPS) is 27.2. The fourth-order valence-corrected chi connectivity index (χ4v) is 2.31. The number of ether oxygens (including phenoxy) is 1. The van der Waals surface area contributed by atoms with Crippen LogP contribution in [-0.4, -0.2) is 36.7 Å². The van der Waals surface area contributed by atoms with Crippen molar-refractivity contribution in [3.05, 3.63) is 45.0 Å². The first kappa shape index (κ1) is 14.9. The molecular formula is C10H13N2O7P. The highest BCUT2D eigenvalue weighted by Gasteiger charge is 2.34. The van der Waals surface area contributed by atoms with Gasteiger partial charge in [-0.1, -0.05) is 0 Å². The van der Waals surface area contributed by atoms with E-state index in [2.05, 4.69) is 0 Å². The zero-order valence-corrected chi connectivity index (χ0v) is 11.0. The molecule has 0 bridgehead atoms. The van der Waals surface area contributed by atoms with Crippen LogP contribution >= 0.6 is 7.60 Å². The SMILES string of the molecule is O=c1ccn(C2OC(/C=C/P(=O)(O)O)CC2O)c(=O)[nH]1. The third kappa shape index (κ3) is 3.53. The molecule has 2 heterocycles. The largest absolute Gasteiger partial charge is 0.388 e. The van der Waals surface area contributed by atoms with Gasteiger partial charge in [-0.2, -0.15) is 0 Å². The number of aromatic amines is 1. The van der Waals surface area contributed by atoms with E-state index in [1.165, 1.54) is 6.20 Å². The van der Waals surface area contributed by atoms with Crippen LogP contribution in [0, 0.1) is 0 Å². The standard InChI is InChI=1S/C10H13N2O7P/c13-7-5-6(2-4-20(16,17)18)19-9(7)12-3-1-8(14)11-10(12)15/h1-4,6-7,9,13H,5H2,(H,11,14,15)(H2,16,17,18)/b4-2+. The number of H-pyrrole nitrogens is 1. The average Bonchev–Trinajstić information content (AvgIpc) is 2.67. The van der Waals surface area contributed by atoms with Crippen LogP contribution in [-0.2, 0) is 9.30 Å². The molecule has 0 saturated carbocycles. The van der Waals surface area contributed by atoms with E-state index >= 15 is 0 Å². The molecule has 0 amide bonds. The van der Waals surface area contributed by atoms with Gasteiger partial charge >= 0.3 is 13.3 Å². The molecule has 1 saturated heterocycles. The molecule has 20 heavy (non-hydrogen) atoms. The number of nitrogens with one attached hydrogen (secondary N) is 1. The number of aromatic nitrogens is 2. The van der Waals surface area contributed by atoms with E-state index in [1.54, 1.807) is 0 Å². The van der Waals surface area contributed by atoms with E-state index in [0.29, 0.717) is 5.82 Å².